The summed E-state index contributed by atoms with van der Waals surface area (Å²) in [6.07, 6.45) is 2.30. The van der Waals surface area contributed by atoms with Crippen LogP contribution in [0.5, 0.6) is 0 Å². The van der Waals surface area contributed by atoms with E-state index < -0.39 is 0 Å². The second kappa shape index (κ2) is 6.12. The Morgan fingerprint density at radius 3 is 2.55 bits per heavy atom. The average molecular weight is 272 g/mol. The van der Waals surface area contributed by atoms with Gasteiger partial charge in [-0.1, -0.05) is 32.0 Å². The van der Waals surface area contributed by atoms with Crippen LogP contribution in [0.2, 0.25) is 0 Å². The Labute approximate surface area is 120 Å². The van der Waals surface area contributed by atoms with Gasteiger partial charge in [0.15, 0.2) is 0 Å². The molecule has 0 bridgehead atoms. The Kier molecular flexibility index (Phi) is 4.48. The molecule has 20 heavy (non-hydrogen) atoms. The van der Waals surface area contributed by atoms with Crippen LogP contribution in [0.3, 0.4) is 0 Å². The van der Waals surface area contributed by atoms with E-state index in [-0.39, 0.29) is 5.56 Å². The molecule has 1 aromatic heterocycles. The van der Waals surface area contributed by atoms with Crippen molar-refractivity contribution >= 4 is 16.6 Å². The molecule has 1 heterocycles. The molecule has 0 saturated heterocycles. The van der Waals surface area contributed by atoms with Gasteiger partial charge in [0.2, 0.25) is 0 Å². The van der Waals surface area contributed by atoms with E-state index in [1.54, 1.807) is 10.6 Å². The van der Waals surface area contributed by atoms with Crippen LogP contribution >= 0.6 is 0 Å². The van der Waals surface area contributed by atoms with Gasteiger partial charge in [0.05, 0.1) is 5.52 Å². The van der Waals surface area contributed by atoms with E-state index in [0.717, 1.165) is 23.0 Å². The highest BCUT2D eigenvalue weighted by atomic mass is 16.1. The van der Waals surface area contributed by atoms with Crippen molar-refractivity contribution in [3.05, 3.63) is 40.7 Å². The third-order valence-corrected chi connectivity index (χ3v) is 3.73. The zero-order chi connectivity index (χ0) is 14.7. The third-order valence-electron chi connectivity index (χ3n) is 3.73. The van der Waals surface area contributed by atoms with E-state index in [1.165, 1.54) is 6.42 Å². The van der Waals surface area contributed by atoms with E-state index in [0.29, 0.717) is 12.0 Å². The van der Waals surface area contributed by atoms with Crippen LogP contribution in [-0.2, 0) is 7.05 Å². The van der Waals surface area contributed by atoms with Gasteiger partial charge in [-0.3, -0.25) is 4.79 Å². The molecule has 0 aliphatic carbocycles. The molecule has 3 nitrogen and oxygen atoms in total. The molecular weight excluding hydrogens is 248 g/mol. The summed E-state index contributed by atoms with van der Waals surface area (Å²) in [6, 6.07) is 10.1. The van der Waals surface area contributed by atoms with E-state index in [4.69, 9.17) is 0 Å². The van der Waals surface area contributed by atoms with Crippen molar-refractivity contribution in [3.8, 4) is 0 Å². The number of aromatic nitrogens is 1. The summed E-state index contributed by atoms with van der Waals surface area (Å²) in [5, 5.41) is 4.60. The SMILES string of the molecule is CC(C)CCC(C)Nc1cc(=O)n(C)c2ccccc12. The molecule has 3 heteroatoms. The molecule has 2 rings (SSSR count). The summed E-state index contributed by atoms with van der Waals surface area (Å²) >= 11 is 0. The predicted octanol–water partition coefficient (Wildman–Crippen LogP) is 3.78. The number of nitrogens with one attached hydrogen (secondary N) is 1. The number of hydrogen-bond acceptors (Lipinski definition) is 2. The van der Waals surface area contributed by atoms with Crippen molar-refractivity contribution in [1.82, 2.24) is 4.57 Å². The van der Waals surface area contributed by atoms with Crippen LogP contribution in [0.15, 0.2) is 35.1 Å². The van der Waals surface area contributed by atoms with Crippen LogP contribution in [0.25, 0.3) is 10.9 Å². The van der Waals surface area contributed by atoms with E-state index in [1.807, 2.05) is 25.2 Å². The Morgan fingerprint density at radius 1 is 1.15 bits per heavy atom. The number of benzene rings is 1. The summed E-state index contributed by atoms with van der Waals surface area (Å²) in [5.74, 6) is 0.708. The summed E-state index contributed by atoms with van der Waals surface area (Å²) in [7, 11) is 1.82. The molecule has 0 aliphatic heterocycles. The molecule has 0 amide bonds. The van der Waals surface area contributed by atoms with E-state index in [2.05, 4.69) is 32.2 Å². The first-order valence-electron chi connectivity index (χ1n) is 7.34. The first-order valence-corrected chi connectivity index (χ1v) is 7.34. The smallest absolute Gasteiger partial charge is 0.252 e. The Hall–Kier alpha value is -1.77. The van der Waals surface area contributed by atoms with Crippen molar-refractivity contribution < 1.29 is 0 Å². The molecule has 1 atom stereocenters. The van der Waals surface area contributed by atoms with Crippen LogP contribution in [0, 0.1) is 5.92 Å². The molecule has 1 aromatic carbocycles. The number of para-hydroxylation sites is 1. The minimum absolute atomic E-state index is 0.0299. The van der Waals surface area contributed by atoms with Crippen molar-refractivity contribution in [3.63, 3.8) is 0 Å². The lowest BCUT2D eigenvalue weighted by atomic mass is 10.0. The second-order valence-corrected chi connectivity index (χ2v) is 5.99. The molecule has 0 spiro atoms. The molecule has 0 aliphatic rings. The van der Waals surface area contributed by atoms with E-state index in [9.17, 15) is 4.79 Å². The number of anilines is 1. The van der Waals surface area contributed by atoms with Gasteiger partial charge in [0, 0.05) is 30.2 Å². The molecule has 1 unspecified atom stereocenters. The topological polar surface area (TPSA) is 34.0 Å². The quantitative estimate of drug-likeness (QED) is 0.899. The van der Waals surface area contributed by atoms with Crippen LogP contribution in [0.1, 0.15) is 33.6 Å². The minimum Gasteiger partial charge on any atom is -0.382 e. The number of aryl methyl sites for hydroxylation is 1. The van der Waals surface area contributed by atoms with Gasteiger partial charge in [-0.05, 0) is 31.7 Å². The molecule has 2 aromatic rings. The summed E-state index contributed by atoms with van der Waals surface area (Å²) in [6.45, 7) is 6.65. The first-order chi connectivity index (χ1) is 9.49. The second-order valence-electron chi connectivity index (χ2n) is 5.99. The van der Waals surface area contributed by atoms with Gasteiger partial charge in [-0.25, -0.2) is 0 Å². The molecule has 0 radical (unpaired) electrons. The number of pyridine rings is 1. The fourth-order valence-corrected chi connectivity index (χ4v) is 2.45. The average Bonchev–Trinajstić information content (AvgIpc) is 2.42. The third kappa shape index (κ3) is 3.21. The van der Waals surface area contributed by atoms with Crippen molar-refractivity contribution in [2.75, 3.05) is 5.32 Å². The Balaban J connectivity index is 2.30. The lowest BCUT2D eigenvalue weighted by molar-refractivity contribution is 0.528. The zero-order valence-electron chi connectivity index (χ0n) is 12.8. The number of hydrogen-bond donors (Lipinski definition) is 1. The predicted molar refractivity (Wildman–Crippen MR) is 86.3 cm³/mol. The van der Waals surface area contributed by atoms with Gasteiger partial charge in [-0.2, -0.15) is 0 Å². The monoisotopic (exact) mass is 272 g/mol. The van der Waals surface area contributed by atoms with Crippen LogP contribution < -0.4 is 10.9 Å². The van der Waals surface area contributed by atoms with Gasteiger partial charge in [0.25, 0.3) is 5.56 Å². The summed E-state index contributed by atoms with van der Waals surface area (Å²) < 4.78 is 1.69. The summed E-state index contributed by atoms with van der Waals surface area (Å²) in [5.41, 5.74) is 1.95. The van der Waals surface area contributed by atoms with Crippen molar-refractivity contribution in [1.29, 1.82) is 0 Å². The largest absolute Gasteiger partial charge is 0.382 e. The van der Waals surface area contributed by atoms with E-state index >= 15 is 0 Å². The Morgan fingerprint density at radius 2 is 1.85 bits per heavy atom. The maximum absolute atomic E-state index is 12.0. The van der Waals surface area contributed by atoms with Crippen molar-refractivity contribution in [2.24, 2.45) is 13.0 Å². The highest BCUT2D eigenvalue weighted by Gasteiger charge is 2.09. The Bertz CT molecular complexity index is 643. The van der Waals surface area contributed by atoms with Gasteiger partial charge in [0.1, 0.15) is 0 Å². The fraction of sp³-hybridized carbons (Fsp3) is 0.471. The first kappa shape index (κ1) is 14.6. The summed E-state index contributed by atoms with van der Waals surface area (Å²) in [4.78, 5) is 12.0. The normalized spacial score (nSPS) is 12.8. The molecular formula is C17H24N2O. The minimum atomic E-state index is 0.0299. The highest BCUT2D eigenvalue weighted by Crippen LogP contribution is 2.22. The lowest BCUT2D eigenvalue weighted by Crippen LogP contribution is -2.21. The standard InChI is InChI=1S/C17H24N2O/c1-12(2)9-10-13(3)18-15-11-17(20)19(4)16-8-6-5-7-14(15)16/h5-8,11-13,18H,9-10H2,1-4H3. The van der Waals surface area contributed by atoms with Gasteiger partial charge >= 0.3 is 0 Å². The fourth-order valence-electron chi connectivity index (χ4n) is 2.45. The lowest BCUT2D eigenvalue weighted by Gasteiger charge is -2.18. The van der Waals surface area contributed by atoms with Crippen molar-refractivity contribution in [2.45, 2.75) is 39.7 Å². The maximum Gasteiger partial charge on any atom is 0.252 e. The molecule has 1 N–H and O–H groups in total. The van der Waals surface area contributed by atoms with Crippen LogP contribution in [0.4, 0.5) is 5.69 Å². The van der Waals surface area contributed by atoms with Gasteiger partial charge in [-0.15, -0.1) is 0 Å². The zero-order valence-corrected chi connectivity index (χ0v) is 12.8. The highest BCUT2D eigenvalue weighted by molar-refractivity contribution is 5.91. The molecule has 0 saturated carbocycles. The molecule has 108 valence electrons. The van der Waals surface area contributed by atoms with Crippen LogP contribution in [-0.4, -0.2) is 10.6 Å². The number of fused-ring (bicyclic) bond motifs is 1. The maximum atomic E-state index is 12.0. The number of rotatable bonds is 5. The molecule has 0 fully saturated rings. The number of nitrogens with zero attached hydrogens (tertiary/aromatic N) is 1. The van der Waals surface area contributed by atoms with Gasteiger partial charge < -0.3 is 9.88 Å².